The lowest BCUT2D eigenvalue weighted by Crippen LogP contribution is -2.63. The summed E-state index contributed by atoms with van der Waals surface area (Å²) >= 11 is 19.0. The van der Waals surface area contributed by atoms with Crippen molar-refractivity contribution in [1.29, 1.82) is 0 Å². The Morgan fingerprint density at radius 3 is 2.06 bits per heavy atom. The Hall–Kier alpha value is -2.99. The van der Waals surface area contributed by atoms with Crippen LogP contribution in [0.1, 0.15) is 44.6 Å². The molecule has 3 heterocycles. The van der Waals surface area contributed by atoms with Crippen LogP contribution in [0.4, 0.5) is 4.79 Å². The van der Waals surface area contributed by atoms with Gasteiger partial charge in [-0.1, -0.05) is 47.3 Å². The van der Waals surface area contributed by atoms with Gasteiger partial charge in [0.25, 0.3) is 0 Å². The highest BCUT2D eigenvalue weighted by molar-refractivity contribution is 6.36. The molecule has 4 unspecified atom stereocenters. The van der Waals surface area contributed by atoms with E-state index in [2.05, 4.69) is 4.90 Å². The lowest BCUT2D eigenvalue weighted by molar-refractivity contribution is -0.138. The van der Waals surface area contributed by atoms with Crippen LogP contribution in [0.5, 0.6) is 0 Å². The van der Waals surface area contributed by atoms with Crippen molar-refractivity contribution < 1.29 is 33.4 Å². The van der Waals surface area contributed by atoms with E-state index in [0.29, 0.717) is 68.4 Å². The summed E-state index contributed by atoms with van der Waals surface area (Å²) in [4.78, 5) is 60.3. The van der Waals surface area contributed by atoms with Crippen LogP contribution in [0.3, 0.4) is 0 Å². The fourth-order valence-electron chi connectivity index (χ4n) is 7.65. The number of benzene rings is 1. The highest BCUT2D eigenvalue weighted by Gasteiger charge is 2.45. The van der Waals surface area contributed by atoms with Gasteiger partial charge in [0.2, 0.25) is 5.91 Å². The summed E-state index contributed by atoms with van der Waals surface area (Å²) in [6.45, 7) is 7.02. The minimum Gasteiger partial charge on any atom is -0.466 e. The van der Waals surface area contributed by atoms with Gasteiger partial charge in [-0.05, 0) is 50.7 Å². The largest absolute Gasteiger partial charge is 0.466 e. The second kappa shape index (κ2) is 15.1. The van der Waals surface area contributed by atoms with E-state index < -0.39 is 23.4 Å². The number of likely N-dealkylation sites (tertiary alicyclic amines) is 1. The third kappa shape index (κ3) is 7.38. The Balaban J connectivity index is 1.30. The molecular weight excluding hydrogens is 671 g/mol. The van der Waals surface area contributed by atoms with Crippen molar-refractivity contribution in [3.8, 4) is 0 Å². The van der Waals surface area contributed by atoms with Crippen molar-refractivity contribution in [2.45, 2.75) is 50.6 Å². The number of alkyl halides is 1. The van der Waals surface area contributed by atoms with E-state index in [1.165, 1.54) is 20.4 Å². The normalized spacial score (nSPS) is 25.6. The number of hydrogen-bond donors (Lipinski definition) is 0. The summed E-state index contributed by atoms with van der Waals surface area (Å²) < 4.78 is 15.5. The van der Waals surface area contributed by atoms with Gasteiger partial charge >= 0.3 is 18.0 Å². The Morgan fingerprint density at radius 1 is 0.915 bits per heavy atom. The van der Waals surface area contributed by atoms with Crippen LogP contribution in [0.15, 0.2) is 41.2 Å². The van der Waals surface area contributed by atoms with Crippen molar-refractivity contribution >= 4 is 58.7 Å². The standard InChI is InChI=1S/C33H41Cl3N4O7/c1-19-27(32(43)46-4)28(29-24(35)9-6-10-25(29)36)23(31(42)45-3)17-39(19)18-26(41)37-11-13-38(14-12-37)30-21-7-5-8-22(30)16-40(15-21)33(44)47-20(2)34/h6,9-10,17,20-22,28,30H,5,7-8,11-16,18H2,1-4H3. The average Bonchev–Trinajstić information content (AvgIpc) is 3.04. The van der Waals surface area contributed by atoms with E-state index >= 15 is 0 Å². The Labute approximate surface area is 290 Å². The number of methoxy groups -OCH3 is 2. The van der Waals surface area contributed by atoms with Crippen molar-refractivity contribution in [2.75, 3.05) is 60.0 Å². The number of carbonyl (C=O) groups excluding carboxylic acids is 4. The van der Waals surface area contributed by atoms with Gasteiger partial charge in [0.05, 0.1) is 31.3 Å². The summed E-state index contributed by atoms with van der Waals surface area (Å²) in [7, 11) is 2.50. The molecule has 3 fully saturated rings. The number of allylic oxidation sites excluding steroid dienone is 1. The molecule has 4 aliphatic rings. The van der Waals surface area contributed by atoms with Gasteiger partial charge in [-0.3, -0.25) is 9.69 Å². The third-order valence-electron chi connectivity index (χ3n) is 9.77. The first-order valence-electron chi connectivity index (χ1n) is 15.9. The molecule has 1 saturated carbocycles. The van der Waals surface area contributed by atoms with Crippen LogP contribution in [0.2, 0.25) is 10.0 Å². The molecule has 11 nitrogen and oxygen atoms in total. The fourth-order valence-corrected chi connectivity index (χ4v) is 8.35. The van der Waals surface area contributed by atoms with Gasteiger partial charge < -0.3 is 28.9 Å². The number of hydrogen-bond acceptors (Lipinski definition) is 9. The molecule has 47 heavy (non-hydrogen) atoms. The molecule has 5 rings (SSSR count). The molecule has 2 bridgehead atoms. The quantitative estimate of drug-likeness (QED) is 0.223. The molecule has 0 aromatic heterocycles. The van der Waals surface area contributed by atoms with Crippen LogP contribution >= 0.6 is 34.8 Å². The second-order valence-electron chi connectivity index (χ2n) is 12.5. The lowest BCUT2D eigenvalue weighted by atomic mass is 9.72. The summed E-state index contributed by atoms with van der Waals surface area (Å²) in [6, 6.07) is 5.27. The van der Waals surface area contributed by atoms with Crippen molar-refractivity contribution in [3.05, 3.63) is 56.9 Å². The molecular formula is C33H41Cl3N4O7. The van der Waals surface area contributed by atoms with E-state index in [4.69, 9.17) is 49.0 Å². The number of amides is 2. The smallest absolute Gasteiger partial charge is 0.411 e. The van der Waals surface area contributed by atoms with E-state index in [-0.39, 0.29) is 39.7 Å². The minimum absolute atomic E-state index is 0.0967. The predicted molar refractivity (Wildman–Crippen MR) is 177 cm³/mol. The first-order valence-corrected chi connectivity index (χ1v) is 17.0. The van der Waals surface area contributed by atoms with Gasteiger partial charge in [-0.2, -0.15) is 0 Å². The van der Waals surface area contributed by atoms with E-state index in [0.717, 1.165) is 19.3 Å². The van der Waals surface area contributed by atoms with Crippen molar-refractivity contribution in [3.63, 3.8) is 0 Å². The molecule has 2 saturated heterocycles. The van der Waals surface area contributed by atoms with Crippen molar-refractivity contribution in [2.24, 2.45) is 11.8 Å². The molecule has 1 aliphatic carbocycles. The molecule has 0 radical (unpaired) electrons. The maximum Gasteiger partial charge on any atom is 0.411 e. The summed E-state index contributed by atoms with van der Waals surface area (Å²) in [6.07, 6.45) is 4.40. The van der Waals surface area contributed by atoms with E-state index in [9.17, 15) is 19.2 Å². The van der Waals surface area contributed by atoms with Crippen LogP contribution in [0, 0.1) is 11.8 Å². The number of ether oxygens (including phenoxy) is 3. The molecule has 14 heteroatoms. The Morgan fingerprint density at radius 2 is 1.51 bits per heavy atom. The topological polar surface area (TPSA) is 109 Å². The zero-order chi connectivity index (χ0) is 34.0. The van der Waals surface area contributed by atoms with Gasteiger partial charge in [-0.15, -0.1) is 0 Å². The lowest BCUT2D eigenvalue weighted by Gasteiger charge is -2.52. The van der Waals surface area contributed by atoms with Gasteiger partial charge in [0.15, 0.2) is 5.56 Å². The highest BCUT2D eigenvalue weighted by Crippen LogP contribution is 2.45. The molecule has 4 atom stereocenters. The van der Waals surface area contributed by atoms with Crippen LogP contribution in [0.25, 0.3) is 0 Å². The van der Waals surface area contributed by atoms with Crippen LogP contribution in [-0.4, -0.2) is 115 Å². The maximum atomic E-state index is 13.7. The summed E-state index contributed by atoms with van der Waals surface area (Å²) in [5.41, 5.74) is 0.389. The molecule has 3 aliphatic heterocycles. The molecule has 1 aromatic carbocycles. The number of carbonyl (C=O) groups is 4. The second-order valence-corrected chi connectivity index (χ2v) is 13.9. The fraction of sp³-hybridized carbons (Fsp3) is 0.576. The summed E-state index contributed by atoms with van der Waals surface area (Å²) in [5, 5.41) is 0.544. The zero-order valence-electron chi connectivity index (χ0n) is 27.0. The molecule has 256 valence electrons. The third-order valence-corrected chi connectivity index (χ3v) is 10.5. The van der Waals surface area contributed by atoms with Crippen molar-refractivity contribution in [1.82, 2.24) is 19.6 Å². The highest BCUT2D eigenvalue weighted by atomic mass is 35.5. The zero-order valence-corrected chi connectivity index (χ0v) is 29.3. The molecule has 0 N–H and O–H groups in total. The predicted octanol–water partition coefficient (Wildman–Crippen LogP) is 4.86. The first kappa shape index (κ1) is 35.3. The number of esters is 2. The van der Waals surface area contributed by atoms with E-state index in [1.807, 2.05) is 4.90 Å². The molecule has 1 aromatic rings. The number of rotatable bonds is 7. The number of fused-ring (bicyclic) bond motifs is 2. The number of piperidine rings is 1. The maximum absolute atomic E-state index is 13.7. The van der Waals surface area contributed by atoms with Gasteiger partial charge in [0.1, 0.15) is 6.54 Å². The average molecular weight is 712 g/mol. The van der Waals surface area contributed by atoms with Crippen LogP contribution in [-0.2, 0) is 28.6 Å². The molecule has 2 amide bonds. The number of piperazine rings is 1. The first-order chi connectivity index (χ1) is 22.4. The van der Waals surface area contributed by atoms with E-state index in [1.54, 1.807) is 41.8 Å². The number of nitrogens with zero attached hydrogens (tertiary/aromatic N) is 4. The molecule has 0 spiro atoms. The van der Waals surface area contributed by atoms with Gasteiger partial charge in [0, 0.05) is 72.8 Å². The number of halogens is 3. The SMILES string of the molecule is COC(=O)C1=CN(CC(=O)N2CCN(C3C4CCCC3CN(C(=O)OC(C)Cl)C4)CC2)C(C)=C(C(=O)OC)C1c1c(Cl)cccc1Cl. The van der Waals surface area contributed by atoms with Crippen LogP contribution < -0.4 is 0 Å². The Kier molecular flexibility index (Phi) is 11.3. The minimum atomic E-state index is -0.961. The summed E-state index contributed by atoms with van der Waals surface area (Å²) in [5.74, 6) is -1.79. The monoisotopic (exact) mass is 710 g/mol. The van der Waals surface area contributed by atoms with Gasteiger partial charge in [-0.25, -0.2) is 14.4 Å². The Bertz CT molecular complexity index is 1430.